The van der Waals surface area contributed by atoms with Crippen LogP contribution in [0.5, 0.6) is 0 Å². The Morgan fingerprint density at radius 2 is 2.31 bits per heavy atom. The first kappa shape index (κ1) is 11.6. The van der Waals surface area contributed by atoms with Crippen molar-refractivity contribution in [1.82, 2.24) is 20.2 Å². The number of hydrogen-bond donors (Lipinski definition) is 2. The Labute approximate surface area is 97.4 Å². The van der Waals surface area contributed by atoms with Crippen molar-refractivity contribution in [2.45, 2.75) is 38.3 Å². The lowest BCUT2D eigenvalue weighted by Gasteiger charge is -2.23. The van der Waals surface area contributed by atoms with Gasteiger partial charge in [-0.15, -0.1) is 0 Å². The predicted molar refractivity (Wildman–Crippen MR) is 65.2 cm³/mol. The number of aromatic nitrogens is 2. The van der Waals surface area contributed by atoms with E-state index < -0.39 is 0 Å². The Bertz CT molecular complexity index is 277. The molecule has 2 N–H and O–H groups in total. The molecule has 1 heterocycles. The molecule has 1 aromatic rings. The number of likely N-dealkylation sites (N-methyl/N-ethyl adjacent to an activating group) is 1. The summed E-state index contributed by atoms with van der Waals surface area (Å²) in [4.78, 5) is 9.76. The molecule has 4 nitrogen and oxygen atoms in total. The zero-order chi connectivity index (χ0) is 11.2. The van der Waals surface area contributed by atoms with Gasteiger partial charge in [0.1, 0.15) is 5.82 Å². The topological polar surface area (TPSA) is 44.0 Å². The molecule has 1 aliphatic carbocycles. The zero-order valence-electron chi connectivity index (χ0n) is 10.1. The van der Waals surface area contributed by atoms with E-state index >= 15 is 0 Å². The average Bonchev–Trinajstić information content (AvgIpc) is 2.96. The van der Waals surface area contributed by atoms with Crippen LogP contribution in [-0.4, -0.2) is 41.0 Å². The summed E-state index contributed by atoms with van der Waals surface area (Å²) in [6, 6.07) is 0.824. The minimum absolute atomic E-state index is 0.824. The molecule has 0 radical (unpaired) electrons. The molecule has 0 atom stereocenters. The molecule has 0 unspecified atom stereocenters. The maximum atomic E-state index is 4.18. The van der Waals surface area contributed by atoms with Gasteiger partial charge in [-0.3, -0.25) is 0 Å². The summed E-state index contributed by atoms with van der Waals surface area (Å²) in [5.41, 5.74) is 0. The van der Waals surface area contributed by atoms with Crippen molar-refractivity contribution in [3.8, 4) is 0 Å². The third kappa shape index (κ3) is 3.32. The fourth-order valence-electron chi connectivity index (χ4n) is 2.38. The first-order valence-corrected chi connectivity index (χ1v) is 6.25. The summed E-state index contributed by atoms with van der Waals surface area (Å²) in [7, 11) is 2.24. The summed E-state index contributed by atoms with van der Waals surface area (Å²) in [5.74, 6) is 1.02. The molecule has 0 amide bonds. The van der Waals surface area contributed by atoms with E-state index in [-0.39, 0.29) is 0 Å². The number of imidazole rings is 1. The van der Waals surface area contributed by atoms with E-state index in [1.54, 1.807) is 6.20 Å². The van der Waals surface area contributed by atoms with Gasteiger partial charge in [0.05, 0.1) is 6.54 Å². The van der Waals surface area contributed by atoms with Crippen molar-refractivity contribution >= 4 is 0 Å². The van der Waals surface area contributed by atoms with Gasteiger partial charge < -0.3 is 15.2 Å². The van der Waals surface area contributed by atoms with Crippen LogP contribution in [0.15, 0.2) is 12.4 Å². The van der Waals surface area contributed by atoms with Gasteiger partial charge in [-0.1, -0.05) is 12.8 Å². The Kier molecular flexibility index (Phi) is 4.36. The van der Waals surface area contributed by atoms with E-state index in [0.717, 1.165) is 31.5 Å². The van der Waals surface area contributed by atoms with Crippen LogP contribution in [0.1, 0.15) is 31.5 Å². The second-order valence-electron chi connectivity index (χ2n) is 4.63. The number of nitrogens with one attached hydrogen (secondary N) is 2. The van der Waals surface area contributed by atoms with Gasteiger partial charge in [-0.05, 0) is 19.9 Å². The van der Waals surface area contributed by atoms with Crippen LogP contribution in [0.2, 0.25) is 0 Å². The van der Waals surface area contributed by atoms with Gasteiger partial charge in [0.2, 0.25) is 0 Å². The molecule has 0 aliphatic heterocycles. The SMILES string of the molecule is CN(CCNCc1ncc[nH]1)C1CCCC1. The van der Waals surface area contributed by atoms with Crippen LogP contribution in [-0.2, 0) is 6.54 Å². The highest BCUT2D eigenvalue weighted by molar-refractivity contribution is 4.86. The van der Waals surface area contributed by atoms with Gasteiger partial charge in [0, 0.05) is 31.5 Å². The first-order chi connectivity index (χ1) is 7.86. The molecule has 2 rings (SSSR count). The maximum Gasteiger partial charge on any atom is 0.120 e. The third-order valence-corrected chi connectivity index (χ3v) is 3.44. The summed E-state index contributed by atoms with van der Waals surface area (Å²) in [6.07, 6.45) is 9.25. The number of aromatic amines is 1. The average molecular weight is 222 g/mol. The smallest absolute Gasteiger partial charge is 0.120 e. The van der Waals surface area contributed by atoms with E-state index in [1.165, 1.54) is 25.7 Å². The Morgan fingerprint density at radius 3 is 3.00 bits per heavy atom. The largest absolute Gasteiger partial charge is 0.348 e. The van der Waals surface area contributed by atoms with Crippen LogP contribution in [0.25, 0.3) is 0 Å². The predicted octanol–water partition coefficient (Wildman–Crippen LogP) is 1.37. The van der Waals surface area contributed by atoms with Crippen molar-refractivity contribution in [2.75, 3.05) is 20.1 Å². The molecule has 0 saturated heterocycles. The van der Waals surface area contributed by atoms with Crippen LogP contribution in [0.4, 0.5) is 0 Å². The lowest BCUT2D eigenvalue weighted by molar-refractivity contribution is 0.245. The van der Waals surface area contributed by atoms with Crippen LogP contribution in [0.3, 0.4) is 0 Å². The van der Waals surface area contributed by atoms with E-state index in [2.05, 4.69) is 27.2 Å². The molecule has 90 valence electrons. The first-order valence-electron chi connectivity index (χ1n) is 6.25. The van der Waals surface area contributed by atoms with Crippen molar-refractivity contribution in [3.05, 3.63) is 18.2 Å². The summed E-state index contributed by atoms with van der Waals surface area (Å²) in [5, 5.41) is 3.41. The number of nitrogens with zero attached hydrogens (tertiary/aromatic N) is 2. The molecule has 0 aromatic carbocycles. The van der Waals surface area contributed by atoms with Gasteiger partial charge in [-0.25, -0.2) is 4.98 Å². The van der Waals surface area contributed by atoms with Gasteiger partial charge in [-0.2, -0.15) is 0 Å². The minimum Gasteiger partial charge on any atom is -0.348 e. The molecular weight excluding hydrogens is 200 g/mol. The van der Waals surface area contributed by atoms with Crippen LogP contribution in [0, 0.1) is 0 Å². The Hall–Kier alpha value is -0.870. The molecular formula is C12H22N4. The van der Waals surface area contributed by atoms with Crippen LogP contribution >= 0.6 is 0 Å². The molecule has 1 aromatic heterocycles. The fraction of sp³-hybridized carbons (Fsp3) is 0.750. The van der Waals surface area contributed by atoms with Crippen molar-refractivity contribution in [3.63, 3.8) is 0 Å². The Balaban J connectivity index is 1.57. The fourth-order valence-corrected chi connectivity index (χ4v) is 2.38. The molecule has 4 heteroatoms. The lowest BCUT2D eigenvalue weighted by atomic mass is 10.2. The normalized spacial score (nSPS) is 17.4. The van der Waals surface area contributed by atoms with Crippen molar-refractivity contribution < 1.29 is 0 Å². The molecule has 1 aliphatic rings. The van der Waals surface area contributed by atoms with Crippen molar-refractivity contribution in [2.24, 2.45) is 0 Å². The quantitative estimate of drug-likeness (QED) is 0.715. The summed E-state index contributed by atoms with van der Waals surface area (Å²) >= 11 is 0. The van der Waals surface area contributed by atoms with Crippen LogP contribution < -0.4 is 5.32 Å². The minimum atomic E-state index is 0.824. The molecule has 0 bridgehead atoms. The summed E-state index contributed by atoms with van der Waals surface area (Å²) in [6.45, 7) is 3.00. The van der Waals surface area contributed by atoms with Crippen molar-refractivity contribution in [1.29, 1.82) is 0 Å². The highest BCUT2D eigenvalue weighted by Gasteiger charge is 2.18. The zero-order valence-corrected chi connectivity index (χ0v) is 10.1. The molecule has 1 saturated carbocycles. The second kappa shape index (κ2) is 6.01. The highest BCUT2D eigenvalue weighted by atomic mass is 15.1. The Morgan fingerprint density at radius 1 is 1.50 bits per heavy atom. The molecule has 16 heavy (non-hydrogen) atoms. The summed E-state index contributed by atoms with van der Waals surface area (Å²) < 4.78 is 0. The monoisotopic (exact) mass is 222 g/mol. The number of hydrogen-bond acceptors (Lipinski definition) is 3. The van der Waals surface area contributed by atoms with Gasteiger partial charge in [0.15, 0.2) is 0 Å². The third-order valence-electron chi connectivity index (χ3n) is 3.44. The van der Waals surface area contributed by atoms with Gasteiger partial charge >= 0.3 is 0 Å². The van der Waals surface area contributed by atoms with E-state index in [0.29, 0.717) is 0 Å². The van der Waals surface area contributed by atoms with E-state index in [9.17, 15) is 0 Å². The lowest BCUT2D eigenvalue weighted by Crippen LogP contribution is -2.35. The molecule has 1 fully saturated rings. The van der Waals surface area contributed by atoms with Gasteiger partial charge in [0.25, 0.3) is 0 Å². The number of rotatable bonds is 6. The number of H-pyrrole nitrogens is 1. The maximum absolute atomic E-state index is 4.18. The van der Waals surface area contributed by atoms with E-state index in [4.69, 9.17) is 0 Å². The molecule has 0 spiro atoms. The second-order valence-corrected chi connectivity index (χ2v) is 4.63. The standard InChI is InChI=1S/C12H22N4/c1-16(11-4-2-3-5-11)9-8-13-10-12-14-6-7-15-12/h6-7,11,13H,2-5,8-10H2,1H3,(H,14,15). The van der Waals surface area contributed by atoms with E-state index in [1.807, 2.05) is 6.20 Å². The highest BCUT2D eigenvalue weighted by Crippen LogP contribution is 2.21.